The molecule has 26 heavy (non-hydrogen) atoms. The second-order valence-corrected chi connectivity index (χ2v) is 5.79. The third-order valence-corrected chi connectivity index (χ3v) is 4.17. The molecule has 6 heteroatoms. The van der Waals surface area contributed by atoms with E-state index >= 15 is 0 Å². The number of benzene rings is 2. The number of nitrogens with one attached hydrogen (secondary N) is 1. The molecule has 0 aliphatic rings. The maximum Gasteiger partial charge on any atom is 0.255 e. The topological polar surface area (TPSA) is 69.9 Å². The van der Waals surface area contributed by atoms with Gasteiger partial charge in [-0.25, -0.2) is 0 Å². The summed E-state index contributed by atoms with van der Waals surface area (Å²) in [6.07, 6.45) is 0. The van der Waals surface area contributed by atoms with Gasteiger partial charge in [-0.05, 0) is 19.1 Å². The molecule has 0 fully saturated rings. The number of amides is 1. The maximum absolute atomic E-state index is 12.8. The summed E-state index contributed by atoms with van der Waals surface area (Å²) in [4.78, 5) is 12.8. The molecular weight excluding hydrogens is 334 g/mol. The SMILES string of the molecule is COc1cc(OC)c(C(=O)NC(C)c2cc3ccccc3o2)cc1OC. The average molecular weight is 355 g/mol. The first kappa shape index (κ1) is 17.7. The highest BCUT2D eigenvalue weighted by molar-refractivity contribution is 5.98. The van der Waals surface area contributed by atoms with Crippen LogP contribution in [-0.4, -0.2) is 27.2 Å². The summed E-state index contributed by atoms with van der Waals surface area (Å²) in [5.41, 5.74) is 1.14. The Bertz CT molecular complexity index is 898. The number of para-hydroxylation sites is 1. The third-order valence-electron chi connectivity index (χ3n) is 4.17. The van der Waals surface area contributed by atoms with E-state index in [-0.39, 0.29) is 11.9 Å². The standard InChI is InChI=1S/C20H21NO5/c1-12(16-9-13-7-5-6-8-15(13)26-16)21-20(22)14-10-18(24-3)19(25-4)11-17(14)23-2/h5-12H,1-4H3,(H,21,22). The molecular formula is C20H21NO5. The van der Waals surface area contributed by atoms with Crippen LogP contribution in [0.15, 0.2) is 46.9 Å². The van der Waals surface area contributed by atoms with Gasteiger partial charge in [-0.15, -0.1) is 0 Å². The van der Waals surface area contributed by atoms with Gasteiger partial charge in [-0.3, -0.25) is 4.79 Å². The first-order chi connectivity index (χ1) is 12.6. The Hall–Kier alpha value is -3.15. The first-order valence-electron chi connectivity index (χ1n) is 8.16. The fraction of sp³-hybridized carbons (Fsp3) is 0.250. The molecule has 0 aliphatic carbocycles. The van der Waals surface area contributed by atoms with Crippen molar-refractivity contribution >= 4 is 16.9 Å². The van der Waals surface area contributed by atoms with Gasteiger partial charge in [0.15, 0.2) is 11.5 Å². The molecule has 0 saturated heterocycles. The van der Waals surface area contributed by atoms with Crippen molar-refractivity contribution in [2.45, 2.75) is 13.0 Å². The van der Waals surface area contributed by atoms with Gasteiger partial charge in [0, 0.05) is 17.5 Å². The highest BCUT2D eigenvalue weighted by atomic mass is 16.5. The molecule has 3 rings (SSSR count). The quantitative estimate of drug-likeness (QED) is 0.725. The molecule has 0 saturated carbocycles. The van der Waals surface area contributed by atoms with Crippen LogP contribution in [0.25, 0.3) is 11.0 Å². The fourth-order valence-electron chi connectivity index (χ4n) is 2.77. The van der Waals surface area contributed by atoms with Gasteiger partial charge in [-0.2, -0.15) is 0 Å². The Morgan fingerprint density at radius 3 is 2.27 bits per heavy atom. The number of carbonyl (C=O) groups excluding carboxylic acids is 1. The highest BCUT2D eigenvalue weighted by Gasteiger charge is 2.21. The van der Waals surface area contributed by atoms with Gasteiger partial charge in [-0.1, -0.05) is 18.2 Å². The van der Waals surface area contributed by atoms with Gasteiger partial charge < -0.3 is 23.9 Å². The maximum atomic E-state index is 12.8. The van der Waals surface area contributed by atoms with Crippen LogP contribution in [-0.2, 0) is 0 Å². The molecule has 1 N–H and O–H groups in total. The zero-order chi connectivity index (χ0) is 18.7. The summed E-state index contributed by atoms with van der Waals surface area (Å²) in [5.74, 6) is 1.73. The first-order valence-corrected chi connectivity index (χ1v) is 8.16. The third kappa shape index (κ3) is 3.31. The van der Waals surface area contributed by atoms with E-state index in [2.05, 4.69) is 5.32 Å². The van der Waals surface area contributed by atoms with Gasteiger partial charge in [0.1, 0.15) is 17.1 Å². The van der Waals surface area contributed by atoms with Crippen molar-refractivity contribution in [1.29, 1.82) is 0 Å². The second kappa shape index (κ2) is 7.39. The summed E-state index contributed by atoms with van der Waals surface area (Å²) in [6, 6.07) is 12.5. The van der Waals surface area contributed by atoms with Crippen molar-refractivity contribution in [3.8, 4) is 17.2 Å². The predicted octanol–water partition coefficient (Wildman–Crippen LogP) is 3.95. The lowest BCUT2D eigenvalue weighted by molar-refractivity contribution is 0.0932. The van der Waals surface area contributed by atoms with Crippen molar-refractivity contribution in [3.63, 3.8) is 0 Å². The normalized spacial score (nSPS) is 11.8. The Labute approximate surface area is 151 Å². The van der Waals surface area contributed by atoms with Crippen LogP contribution in [0.4, 0.5) is 0 Å². The molecule has 6 nitrogen and oxygen atoms in total. The van der Waals surface area contributed by atoms with E-state index in [0.717, 1.165) is 11.0 Å². The zero-order valence-electron chi connectivity index (χ0n) is 15.2. The Kier molecular flexibility index (Phi) is 5.02. The number of carbonyl (C=O) groups is 1. The van der Waals surface area contributed by atoms with Crippen LogP contribution in [0.3, 0.4) is 0 Å². The number of ether oxygens (including phenoxy) is 3. The predicted molar refractivity (Wildman–Crippen MR) is 98.2 cm³/mol. The van der Waals surface area contributed by atoms with Crippen molar-refractivity contribution < 1.29 is 23.4 Å². The molecule has 1 heterocycles. The monoisotopic (exact) mass is 355 g/mol. The molecule has 1 unspecified atom stereocenters. The van der Waals surface area contributed by atoms with Crippen molar-refractivity contribution in [1.82, 2.24) is 5.32 Å². The molecule has 1 amide bonds. The lowest BCUT2D eigenvalue weighted by Crippen LogP contribution is -2.26. The minimum absolute atomic E-state index is 0.296. The van der Waals surface area contributed by atoms with Crippen LogP contribution in [0.1, 0.15) is 29.1 Å². The molecule has 0 spiro atoms. The van der Waals surface area contributed by atoms with E-state index in [4.69, 9.17) is 18.6 Å². The molecule has 1 aromatic heterocycles. The zero-order valence-corrected chi connectivity index (χ0v) is 15.2. The Balaban J connectivity index is 1.86. The number of fused-ring (bicyclic) bond motifs is 1. The summed E-state index contributed by atoms with van der Waals surface area (Å²) in [5, 5.41) is 3.92. The van der Waals surface area contributed by atoms with E-state index in [1.54, 1.807) is 12.1 Å². The molecule has 3 aromatic rings. The number of rotatable bonds is 6. The molecule has 1 atom stereocenters. The van der Waals surface area contributed by atoms with Crippen molar-refractivity contribution in [3.05, 3.63) is 53.8 Å². The van der Waals surface area contributed by atoms with Crippen LogP contribution in [0.2, 0.25) is 0 Å². The van der Waals surface area contributed by atoms with Crippen LogP contribution < -0.4 is 19.5 Å². The van der Waals surface area contributed by atoms with Gasteiger partial charge in [0.2, 0.25) is 0 Å². The van der Waals surface area contributed by atoms with Crippen molar-refractivity contribution in [2.75, 3.05) is 21.3 Å². The van der Waals surface area contributed by atoms with E-state index in [1.165, 1.54) is 21.3 Å². The Morgan fingerprint density at radius 1 is 0.962 bits per heavy atom. The number of hydrogen-bond acceptors (Lipinski definition) is 5. The van der Waals surface area contributed by atoms with Gasteiger partial charge in [0.25, 0.3) is 5.91 Å². The fourth-order valence-corrected chi connectivity index (χ4v) is 2.77. The molecule has 0 radical (unpaired) electrons. The lowest BCUT2D eigenvalue weighted by Gasteiger charge is -2.16. The second-order valence-electron chi connectivity index (χ2n) is 5.79. The van der Waals surface area contributed by atoms with Gasteiger partial charge in [0.05, 0.1) is 32.9 Å². The van der Waals surface area contributed by atoms with E-state index < -0.39 is 0 Å². The van der Waals surface area contributed by atoms with Crippen LogP contribution >= 0.6 is 0 Å². The van der Waals surface area contributed by atoms with Gasteiger partial charge >= 0.3 is 0 Å². The van der Waals surface area contributed by atoms with Crippen molar-refractivity contribution in [2.24, 2.45) is 0 Å². The average Bonchev–Trinajstić information content (AvgIpc) is 3.11. The smallest absolute Gasteiger partial charge is 0.255 e. The summed E-state index contributed by atoms with van der Waals surface area (Å²) in [6.45, 7) is 1.86. The molecule has 2 aromatic carbocycles. The molecule has 0 bridgehead atoms. The molecule has 0 aliphatic heterocycles. The van der Waals surface area contributed by atoms with Crippen LogP contribution in [0.5, 0.6) is 17.2 Å². The Morgan fingerprint density at radius 2 is 1.62 bits per heavy atom. The largest absolute Gasteiger partial charge is 0.496 e. The minimum atomic E-state index is -0.312. The van der Waals surface area contributed by atoms with E-state index in [1.807, 2.05) is 37.3 Å². The van der Waals surface area contributed by atoms with Crippen LogP contribution in [0, 0.1) is 0 Å². The minimum Gasteiger partial charge on any atom is -0.496 e. The lowest BCUT2D eigenvalue weighted by atomic mass is 10.1. The number of hydrogen-bond donors (Lipinski definition) is 1. The summed E-state index contributed by atoms with van der Waals surface area (Å²) < 4.78 is 21.7. The van der Waals surface area contributed by atoms with E-state index in [9.17, 15) is 4.79 Å². The number of furan rings is 1. The molecule has 136 valence electrons. The summed E-state index contributed by atoms with van der Waals surface area (Å²) >= 11 is 0. The highest BCUT2D eigenvalue weighted by Crippen LogP contribution is 2.35. The number of methoxy groups -OCH3 is 3. The van der Waals surface area contributed by atoms with E-state index in [0.29, 0.717) is 28.6 Å². The summed E-state index contributed by atoms with van der Waals surface area (Å²) in [7, 11) is 4.55.